The number of nitrogens with one attached hydrogen (secondary N) is 1. The quantitative estimate of drug-likeness (QED) is 0.936. The van der Waals surface area contributed by atoms with Crippen LogP contribution in [0.3, 0.4) is 0 Å². The van der Waals surface area contributed by atoms with Crippen LogP contribution in [-0.2, 0) is 0 Å². The monoisotopic (exact) mass is 299 g/mol. The zero-order valence-corrected chi connectivity index (χ0v) is 12.8. The van der Waals surface area contributed by atoms with Gasteiger partial charge in [-0.05, 0) is 37.1 Å². The Morgan fingerprint density at radius 1 is 1.05 bits per heavy atom. The predicted octanol–water partition coefficient (Wildman–Crippen LogP) is 3.00. The molecule has 0 radical (unpaired) electrons. The number of benzene rings is 1. The second kappa shape index (κ2) is 7.06. The highest BCUT2D eigenvalue weighted by atomic mass is 16.5. The van der Waals surface area contributed by atoms with Gasteiger partial charge in [-0.15, -0.1) is 5.10 Å². The zero-order valence-electron chi connectivity index (χ0n) is 12.8. The van der Waals surface area contributed by atoms with Crippen LogP contribution in [0, 0.1) is 0 Å². The number of aromatic nitrogens is 3. The number of nitrogens with zero attached hydrogens (tertiary/aromatic N) is 4. The summed E-state index contributed by atoms with van der Waals surface area (Å²) >= 11 is 0. The predicted molar refractivity (Wildman–Crippen MR) is 86.8 cm³/mol. The fourth-order valence-electron chi connectivity index (χ4n) is 2.58. The van der Waals surface area contributed by atoms with Crippen LogP contribution < -0.4 is 15.0 Å². The van der Waals surface area contributed by atoms with Gasteiger partial charge < -0.3 is 15.0 Å². The molecular weight excluding hydrogens is 278 g/mol. The Bertz CT molecular complexity index is 594. The van der Waals surface area contributed by atoms with E-state index in [2.05, 4.69) is 25.4 Å². The van der Waals surface area contributed by atoms with Crippen molar-refractivity contribution in [2.45, 2.75) is 25.7 Å². The number of hydrogen-bond donors (Lipinski definition) is 1. The maximum Gasteiger partial charge on any atom is 0.247 e. The van der Waals surface area contributed by atoms with Crippen molar-refractivity contribution in [2.24, 2.45) is 0 Å². The van der Waals surface area contributed by atoms with E-state index in [0.717, 1.165) is 24.5 Å². The van der Waals surface area contributed by atoms with Gasteiger partial charge in [-0.3, -0.25) is 0 Å². The second-order valence-corrected chi connectivity index (χ2v) is 5.40. The molecule has 0 bridgehead atoms. The Morgan fingerprint density at radius 2 is 1.77 bits per heavy atom. The summed E-state index contributed by atoms with van der Waals surface area (Å²) in [5.41, 5.74) is 0.947. The molecule has 0 saturated carbocycles. The summed E-state index contributed by atoms with van der Waals surface area (Å²) in [5.74, 6) is 2.25. The van der Waals surface area contributed by atoms with E-state index in [-0.39, 0.29) is 0 Å². The number of rotatable bonds is 4. The molecule has 1 N–H and O–H groups in total. The maximum atomic E-state index is 5.16. The molecule has 0 spiro atoms. The first-order valence-corrected chi connectivity index (χ1v) is 7.71. The molecule has 0 aliphatic carbocycles. The first-order chi connectivity index (χ1) is 10.8. The van der Waals surface area contributed by atoms with Crippen LogP contribution in [-0.4, -0.2) is 35.4 Å². The number of hydrogen-bond acceptors (Lipinski definition) is 6. The molecule has 1 saturated heterocycles. The molecule has 22 heavy (non-hydrogen) atoms. The summed E-state index contributed by atoms with van der Waals surface area (Å²) in [7, 11) is 1.66. The van der Waals surface area contributed by atoms with Crippen LogP contribution in [0.15, 0.2) is 30.5 Å². The molecular formula is C16H21N5O. The Morgan fingerprint density at radius 3 is 2.45 bits per heavy atom. The molecule has 2 aromatic rings. The van der Waals surface area contributed by atoms with Gasteiger partial charge in [0.05, 0.1) is 13.3 Å². The highest BCUT2D eigenvalue weighted by molar-refractivity contribution is 5.57. The van der Waals surface area contributed by atoms with Gasteiger partial charge in [0, 0.05) is 18.8 Å². The average molecular weight is 299 g/mol. The lowest BCUT2D eigenvalue weighted by molar-refractivity contribution is 0.415. The summed E-state index contributed by atoms with van der Waals surface area (Å²) in [6.45, 7) is 2.02. The Kier molecular flexibility index (Phi) is 4.68. The molecule has 0 amide bonds. The molecule has 3 rings (SSSR count). The number of ether oxygens (including phenoxy) is 1. The molecule has 116 valence electrons. The molecule has 1 aromatic heterocycles. The fraction of sp³-hybridized carbons (Fsp3) is 0.438. The van der Waals surface area contributed by atoms with E-state index in [0.29, 0.717) is 11.8 Å². The Labute approximate surface area is 130 Å². The van der Waals surface area contributed by atoms with Crippen LogP contribution in [0.25, 0.3) is 0 Å². The summed E-state index contributed by atoms with van der Waals surface area (Å²) in [6.07, 6.45) is 6.60. The van der Waals surface area contributed by atoms with E-state index in [1.807, 2.05) is 24.3 Å². The van der Waals surface area contributed by atoms with Crippen molar-refractivity contribution in [3.8, 4) is 5.75 Å². The Balaban J connectivity index is 1.72. The van der Waals surface area contributed by atoms with Crippen molar-refractivity contribution in [3.05, 3.63) is 30.5 Å². The molecule has 6 nitrogen and oxygen atoms in total. The van der Waals surface area contributed by atoms with Gasteiger partial charge in [0.15, 0.2) is 5.82 Å². The van der Waals surface area contributed by atoms with Crippen molar-refractivity contribution >= 4 is 17.5 Å². The highest BCUT2D eigenvalue weighted by Gasteiger charge is 2.13. The first kappa shape index (κ1) is 14.6. The SMILES string of the molecule is COc1ccc(Nc2cnnc(N3CCCCCC3)n2)cc1. The van der Waals surface area contributed by atoms with E-state index < -0.39 is 0 Å². The topological polar surface area (TPSA) is 63.2 Å². The summed E-state index contributed by atoms with van der Waals surface area (Å²) in [4.78, 5) is 6.81. The van der Waals surface area contributed by atoms with Gasteiger partial charge in [-0.25, -0.2) is 0 Å². The van der Waals surface area contributed by atoms with E-state index >= 15 is 0 Å². The molecule has 1 aromatic carbocycles. The van der Waals surface area contributed by atoms with Crippen molar-refractivity contribution < 1.29 is 4.74 Å². The van der Waals surface area contributed by atoms with Crippen LogP contribution >= 0.6 is 0 Å². The molecule has 1 fully saturated rings. The standard InChI is InChI=1S/C16H21N5O/c1-22-14-8-6-13(7-9-14)18-15-12-17-20-16(19-15)21-10-4-2-3-5-11-21/h6-9,12H,2-5,10-11H2,1H3,(H,18,19,20). The van der Waals surface area contributed by atoms with E-state index in [9.17, 15) is 0 Å². The van der Waals surface area contributed by atoms with Gasteiger partial charge in [-0.2, -0.15) is 10.1 Å². The van der Waals surface area contributed by atoms with Gasteiger partial charge in [-0.1, -0.05) is 12.8 Å². The molecule has 1 aliphatic rings. The Hall–Kier alpha value is -2.37. The molecule has 6 heteroatoms. The second-order valence-electron chi connectivity index (χ2n) is 5.40. The highest BCUT2D eigenvalue weighted by Crippen LogP contribution is 2.20. The van der Waals surface area contributed by atoms with Gasteiger partial charge >= 0.3 is 0 Å². The minimum atomic E-state index is 0.708. The number of anilines is 3. The van der Waals surface area contributed by atoms with E-state index in [1.54, 1.807) is 13.3 Å². The average Bonchev–Trinajstić information content (AvgIpc) is 2.85. The third-order valence-electron chi connectivity index (χ3n) is 3.80. The molecule has 1 aliphatic heterocycles. The van der Waals surface area contributed by atoms with Crippen molar-refractivity contribution in [2.75, 3.05) is 30.4 Å². The molecule has 0 atom stereocenters. The van der Waals surface area contributed by atoms with Crippen LogP contribution in [0.1, 0.15) is 25.7 Å². The third-order valence-corrected chi connectivity index (χ3v) is 3.80. The largest absolute Gasteiger partial charge is 0.497 e. The van der Waals surface area contributed by atoms with Gasteiger partial charge in [0.2, 0.25) is 5.95 Å². The lowest BCUT2D eigenvalue weighted by atomic mass is 10.2. The third kappa shape index (κ3) is 3.63. The summed E-state index contributed by atoms with van der Waals surface area (Å²) in [6, 6.07) is 7.72. The lowest BCUT2D eigenvalue weighted by Gasteiger charge is -2.19. The fourth-order valence-corrected chi connectivity index (χ4v) is 2.58. The van der Waals surface area contributed by atoms with Gasteiger partial charge in [0.25, 0.3) is 0 Å². The normalized spacial score (nSPS) is 15.2. The van der Waals surface area contributed by atoms with Crippen molar-refractivity contribution in [1.29, 1.82) is 0 Å². The lowest BCUT2D eigenvalue weighted by Crippen LogP contribution is -2.26. The van der Waals surface area contributed by atoms with Crippen LogP contribution in [0.2, 0.25) is 0 Å². The first-order valence-electron chi connectivity index (χ1n) is 7.71. The molecule has 2 heterocycles. The zero-order chi connectivity index (χ0) is 15.2. The minimum Gasteiger partial charge on any atom is -0.497 e. The van der Waals surface area contributed by atoms with E-state index in [1.165, 1.54) is 25.7 Å². The van der Waals surface area contributed by atoms with Gasteiger partial charge in [0.1, 0.15) is 5.75 Å². The van der Waals surface area contributed by atoms with Crippen LogP contribution in [0.4, 0.5) is 17.5 Å². The number of methoxy groups -OCH3 is 1. The summed E-state index contributed by atoms with van der Waals surface area (Å²) in [5, 5.41) is 11.5. The van der Waals surface area contributed by atoms with Crippen molar-refractivity contribution in [3.63, 3.8) is 0 Å². The molecule has 0 unspecified atom stereocenters. The van der Waals surface area contributed by atoms with E-state index in [4.69, 9.17) is 4.74 Å². The summed E-state index contributed by atoms with van der Waals surface area (Å²) < 4.78 is 5.16. The van der Waals surface area contributed by atoms with Crippen LogP contribution in [0.5, 0.6) is 5.75 Å². The van der Waals surface area contributed by atoms with Crippen molar-refractivity contribution in [1.82, 2.24) is 15.2 Å². The smallest absolute Gasteiger partial charge is 0.247 e. The maximum absolute atomic E-state index is 5.16. The minimum absolute atomic E-state index is 0.708.